The van der Waals surface area contributed by atoms with Gasteiger partial charge in [0.25, 0.3) is 0 Å². The maximum atomic E-state index is 9.42. The molecule has 2 heteroatoms. The van der Waals surface area contributed by atoms with Gasteiger partial charge in [-0.05, 0) is 23.5 Å². The van der Waals surface area contributed by atoms with Crippen molar-refractivity contribution in [1.82, 2.24) is 5.32 Å². The Labute approximate surface area is 98.7 Å². The van der Waals surface area contributed by atoms with E-state index < -0.39 is 0 Å². The zero-order valence-electron chi connectivity index (χ0n) is 10.5. The van der Waals surface area contributed by atoms with Gasteiger partial charge in [0.15, 0.2) is 0 Å². The van der Waals surface area contributed by atoms with Gasteiger partial charge in [0.2, 0.25) is 0 Å². The lowest BCUT2D eigenvalue weighted by Gasteiger charge is -2.11. The van der Waals surface area contributed by atoms with E-state index >= 15 is 0 Å². The molecule has 2 nitrogen and oxygen atoms in total. The van der Waals surface area contributed by atoms with Crippen LogP contribution in [0.2, 0.25) is 0 Å². The highest BCUT2D eigenvalue weighted by molar-refractivity contribution is 5.25. The summed E-state index contributed by atoms with van der Waals surface area (Å²) in [5.41, 5.74) is 2.66. The molecule has 0 aliphatic carbocycles. The minimum atomic E-state index is -0.228. The van der Waals surface area contributed by atoms with Crippen LogP contribution in [0.3, 0.4) is 0 Å². The van der Waals surface area contributed by atoms with Crippen LogP contribution >= 0.6 is 0 Å². The van der Waals surface area contributed by atoms with Crippen LogP contribution in [-0.2, 0) is 6.54 Å². The van der Waals surface area contributed by atoms with Crippen molar-refractivity contribution < 1.29 is 5.11 Å². The number of hydrogen-bond donors (Lipinski definition) is 2. The summed E-state index contributed by atoms with van der Waals surface area (Å²) < 4.78 is 0. The minimum Gasteiger partial charge on any atom is -0.392 e. The lowest BCUT2D eigenvalue weighted by Crippen LogP contribution is -2.25. The van der Waals surface area contributed by atoms with Gasteiger partial charge in [0.05, 0.1) is 6.10 Å². The van der Waals surface area contributed by atoms with E-state index in [-0.39, 0.29) is 6.10 Å². The number of benzene rings is 1. The summed E-state index contributed by atoms with van der Waals surface area (Å²) >= 11 is 0. The predicted octanol–water partition coefficient (Wildman–Crippen LogP) is 2.67. The van der Waals surface area contributed by atoms with Crippen molar-refractivity contribution in [3.05, 3.63) is 35.4 Å². The number of aliphatic hydroxyl groups is 1. The molecular weight excluding hydrogens is 198 g/mol. The molecule has 1 atom stereocenters. The first-order valence-electron chi connectivity index (χ1n) is 6.11. The molecule has 90 valence electrons. The Hall–Kier alpha value is -0.860. The van der Waals surface area contributed by atoms with Gasteiger partial charge in [0.1, 0.15) is 0 Å². The van der Waals surface area contributed by atoms with Crippen molar-refractivity contribution in [3.63, 3.8) is 0 Å². The molecule has 1 unspecified atom stereocenters. The summed E-state index contributed by atoms with van der Waals surface area (Å²) in [6.45, 7) is 7.90. The predicted molar refractivity (Wildman–Crippen MR) is 68.5 cm³/mol. The Morgan fingerprint density at radius 2 is 2.06 bits per heavy atom. The highest BCUT2D eigenvalue weighted by Gasteiger charge is 2.02. The van der Waals surface area contributed by atoms with E-state index in [1.165, 1.54) is 11.1 Å². The average molecular weight is 221 g/mol. The molecule has 2 N–H and O–H groups in total. The topological polar surface area (TPSA) is 32.3 Å². The van der Waals surface area contributed by atoms with Gasteiger partial charge < -0.3 is 10.4 Å². The molecule has 0 radical (unpaired) electrons. The van der Waals surface area contributed by atoms with Gasteiger partial charge in [-0.25, -0.2) is 0 Å². The van der Waals surface area contributed by atoms with E-state index in [2.05, 4.69) is 43.4 Å². The summed E-state index contributed by atoms with van der Waals surface area (Å²) in [7, 11) is 0. The highest BCUT2D eigenvalue weighted by atomic mass is 16.3. The van der Waals surface area contributed by atoms with E-state index in [0.717, 1.165) is 13.0 Å². The van der Waals surface area contributed by atoms with Crippen molar-refractivity contribution >= 4 is 0 Å². The Bertz CT molecular complexity index is 309. The molecule has 0 aromatic heterocycles. The van der Waals surface area contributed by atoms with Crippen LogP contribution in [0.5, 0.6) is 0 Å². The van der Waals surface area contributed by atoms with Crippen molar-refractivity contribution in [3.8, 4) is 0 Å². The molecule has 1 rings (SSSR count). The molecule has 1 aromatic carbocycles. The second kappa shape index (κ2) is 6.66. The first-order valence-corrected chi connectivity index (χ1v) is 6.11. The lowest BCUT2D eigenvalue weighted by atomic mass is 10.0. The summed E-state index contributed by atoms with van der Waals surface area (Å²) in [4.78, 5) is 0. The molecule has 16 heavy (non-hydrogen) atoms. The molecule has 1 aromatic rings. The second-order valence-electron chi connectivity index (χ2n) is 4.59. The third-order valence-corrected chi connectivity index (χ3v) is 2.80. The molecule has 0 heterocycles. The standard InChI is InChI=1S/C14H23NO/c1-4-14(16)10-15-9-12-6-5-7-13(8-12)11(2)3/h5-8,11,14-16H,4,9-10H2,1-3H3. The van der Waals surface area contributed by atoms with Gasteiger partial charge in [0, 0.05) is 13.1 Å². The van der Waals surface area contributed by atoms with Gasteiger partial charge in [-0.3, -0.25) is 0 Å². The zero-order chi connectivity index (χ0) is 12.0. The Balaban J connectivity index is 2.45. The molecule has 0 amide bonds. The number of aliphatic hydroxyl groups excluding tert-OH is 1. The van der Waals surface area contributed by atoms with Crippen LogP contribution in [0, 0.1) is 0 Å². The monoisotopic (exact) mass is 221 g/mol. The van der Waals surface area contributed by atoms with Crippen LogP contribution < -0.4 is 5.32 Å². The van der Waals surface area contributed by atoms with Crippen molar-refractivity contribution in [2.24, 2.45) is 0 Å². The maximum Gasteiger partial charge on any atom is 0.0662 e. The SMILES string of the molecule is CCC(O)CNCc1cccc(C(C)C)c1. The zero-order valence-corrected chi connectivity index (χ0v) is 10.5. The van der Waals surface area contributed by atoms with E-state index in [0.29, 0.717) is 12.5 Å². The average Bonchev–Trinajstić information content (AvgIpc) is 2.29. The number of hydrogen-bond acceptors (Lipinski definition) is 2. The molecule has 0 spiro atoms. The van der Waals surface area contributed by atoms with Gasteiger partial charge in [-0.15, -0.1) is 0 Å². The first kappa shape index (κ1) is 13.2. The van der Waals surface area contributed by atoms with E-state index in [1.54, 1.807) is 0 Å². The van der Waals surface area contributed by atoms with Gasteiger partial charge in [-0.1, -0.05) is 45.0 Å². The van der Waals surface area contributed by atoms with Crippen molar-refractivity contribution in [2.75, 3.05) is 6.54 Å². The normalized spacial score (nSPS) is 13.1. The number of rotatable bonds is 6. The van der Waals surface area contributed by atoms with E-state index in [4.69, 9.17) is 0 Å². The molecule has 0 saturated heterocycles. The fraction of sp³-hybridized carbons (Fsp3) is 0.571. The Kier molecular flexibility index (Phi) is 5.50. The second-order valence-corrected chi connectivity index (χ2v) is 4.59. The van der Waals surface area contributed by atoms with Crippen LogP contribution in [-0.4, -0.2) is 17.8 Å². The molecule has 0 aliphatic rings. The molecule has 0 fully saturated rings. The summed E-state index contributed by atoms with van der Waals surface area (Å²) in [6.07, 6.45) is 0.576. The van der Waals surface area contributed by atoms with Crippen LogP contribution in [0.1, 0.15) is 44.2 Å². The molecule has 0 bridgehead atoms. The fourth-order valence-electron chi connectivity index (χ4n) is 1.59. The maximum absolute atomic E-state index is 9.42. The van der Waals surface area contributed by atoms with Crippen molar-refractivity contribution in [1.29, 1.82) is 0 Å². The minimum absolute atomic E-state index is 0.228. The van der Waals surface area contributed by atoms with Gasteiger partial charge in [-0.2, -0.15) is 0 Å². The quantitative estimate of drug-likeness (QED) is 0.774. The lowest BCUT2D eigenvalue weighted by molar-refractivity contribution is 0.167. The van der Waals surface area contributed by atoms with Crippen LogP contribution in [0.15, 0.2) is 24.3 Å². The Morgan fingerprint density at radius 3 is 2.69 bits per heavy atom. The smallest absolute Gasteiger partial charge is 0.0662 e. The third kappa shape index (κ3) is 4.33. The van der Waals surface area contributed by atoms with E-state index in [9.17, 15) is 5.11 Å². The Morgan fingerprint density at radius 1 is 1.31 bits per heavy atom. The molecular formula is C14H23NO. The third-order valence-electron chi connectivity index (χ3n) is 2.80. The van der Waals surface area contributed by atoms with E-state index in [1.807, 2.05) is 6.92 Å². The summed E-state index contributed by atoms with van der Waals surface area (Å²) in [6, 6.07) is 8.62. The molecule has 0 aliphatic heterocycles. The largest absolute Gasteiger partial charge is 0.392 e. The first-order chi connectivity index (χ1) is 7.63. The van der Waals surface area contributed by atoms with Gasteiger partial charge >= 0.3 is 0 Å². The van der Waals surface area contributed by atoms with Crippen LogP contribution in [0.25, 0.3) is 0 Å². The summed E-state index contributed by atoms with van der Waals surface area (Å²) in [5.74, 6) is 0.571. The van der Waals surface area contributed by atoms with Crippen molar-refractivity contribution in [2.45, 2.75) is 45.8 Å². The summed E-state index contributed by atoms with van der Waals surface area (Å²) in [5, 5.41) is 12.7. The van der Waals surface area contributed by atoms with Crippen LogP contribution in [0.4, 0.5) is 0 Å². The number of nitrogens with one attached hydrogen (secondary N) is 1. The molecule has 0 saturated carbocycles. The fourth-order valence-corrected chi connectivity index (χ4v) is 1.59. The highest BCUT2D eigenvalue weighted by Crippen LogP contribution is 2.15.